The second kappa shape index (κ2) is 5.80. The van der Waals surface area contributed by atoms with Gasteiger partial charge in [0.05, 0.1) is 11.0 Å². The highest BCUT2D eigenvalue weighted by molar-refractivity contribution is 7.89. The largest absolute Gasteiger partial charge is 0.480 e. The van der Waals surface area contributed by atoms with Gasteiger partial charge in [0.15, 0.2) is 0 Å². The van der Waals surface area contributed by atoms with Gasteiger partial charge in [-0.15, -0.1) is 11.3 Å². The van der Waals surface area contributed by atoms with Crippen LogP contribution in [0, 0.1) is 13.8 Å². The zero-order valence-electron chi connectivity index (χ0n) is 11.3. The number of thiophene rings is 1. The maximum atomic E-state index is 12.5. The average Bonchev–Trinajstić information content (AvgIpc) is 2.93. The first-order chi connectivity index (χ1) is 9.30. The van der Waals surface area contributed by atoms with Gasteiger partial charge in [-0.1, -0.05) is 0 Å². The van der Waals surface area contributed by atoms with Crippen LogP contribution in [-0.4, -0.2) is 49.6 Å². The quantitative estimate of drug-likeness (QED) is 0.882. The predicted octanol–water partition coefficient (Wildman–Crippen LogP) is 1.23. The fourth-order valence-corrected chi connectivity index (χ4v) is 5.25. The molecule has 2 rings (SSSR count). The molecule has 0 saturated carbocycles. The van der Waals surface area contributed by atoms with Crippen molar-refractivity contribution in [1.29, 1.82) is 0 Å². The lowest BCUT2D eigenvalue weighted by molar-refractivity contribution is -0.144. The van der Waals surface area contributed by atoms with Crippen molar-refractivity contribution in [2.75, 3.05) is 19.7 Å². The number of carboxylic acids is 1. The first-order valence-corrected chi connectivity index (χ1v) is 8.47. The summed E-state index contributed by atoms with van der Waals surface area (Å²) in [5, 5.41) is 8.56. The van der Waals surface area contributed by atoms with Crippen LogP contribution in [0.4, 0.5) is 0 Å². The average molecular weight is 319 g/mol. The van der Waals surface area contributed by atoms with E-state index in [0.717, 1.165) is 9.75 Å². The number of ether oxygens (including phenoxy) is 1. The fourth-order valence-electron chi connectivity index (χ4n) is 2.24. The van der Waals surface area contributed by atoms with Crippen LogP contribution in [-0.2, 0) is 19.6 Å². The van der Waals surface area contributed by atoms with Crippen LogP contribution in [0.1, 0.15) is 16.2 Å². The van der Waals surface area contributed by atoms with Crippen LogP contribution in [0.5, 0.6) is 0 Å². The Balaban J connectivity index is 2.09. The number of hydrogen-bond acceptors (Lipinski definition) is 5. The van der Waals surface area contributed by atoms with E-state index in [1.807, 2.05) is 6.92 Å². The second-order valence-electron chi connectivity index (χ2n) is 4.76. The van der Waals surface area contributed by atoms with Crippen molar-refractivity contribution in [1.82, 2.24) is 4.31 Å². The number of carboxylic acid groups (broad SMARTS) is 1. The first-order valence-electron chi connectivity index (χ1n) is 6.21. The molecule has 2 heterocycles. The minimum Gasteiger partial charge on any atom is -0.480 e. The zero-order chi connectivity index (χ0) is 14.9. The van der Waals surface area contributed by atoms with E-state index in [1.165, 1.54) is 15.6 Å². The SMILES string of the molecule is Cc1cc(S(=O)(=O)N2CC[C@@H](OCC(=O)O)C2)c(C)s1. The Bertz CT molecular complexity index is 607. The summed E-state index contributed by atoms with van der Waals surface area (Å²) in [6.07, 6.45) is 0.176. The normalized spacial score (nSPS) is 20.4. The van der Waals surface area contributed by atoms with E-state index < -0.39 is 22.6 Å². The summed E-state index contributed by atoms with van der Waals surface area (Å²) in [6.45, 7) is 3.85. The Morgan fingerprint density at radius 2 is 2.25 bits per heavy atom. The van der Waals surface area contributed by atoms with Crippen LogP contribution in [0.2, 0.25) is 0 Å². The van der Waals surface area contributed by atoms with Crippen molar-refractivity contribution in [3.63, 3.8) is 0 Å². The minimum atomic E-state index is -3.50. The summed E-state index contributed by atoms with van der Waals surface area (Å²) < 4.78 is 31.6. The monoisotopic (exact) mass is 319 g/mol. The molecular weight excluding hydrogens is 302 g/mol. The van der Waals surface area contributed by atoms with E-state index in [4.69, 9.17) is 9.84 Å². The number of aryl methyl sites for hydroxylation is 2. The number of aliphatic carboxylic acids is 1. The van der Waals surface area contributed by atoms with Gasteiger partial charge in [0.1, 0.15) is 6.61 Å². The molecular formula is C12H17NO5S2. The molecule has 1 aliphatic heterocycles. The summed E-state index contributed by atoms with van der Waals surface area (Å²) in [4.78, 5) is 12.5. The maximum absolute atomic E-state index is 12.5. The molecule has 0 bridgehead atoms. The van der Waals surface area contributed by atoms with E-state index in [0.29, 0.717) is 17.9 Å². The standard InChI is InChI=1S/C12H17NO5S2/c1-8-5-11(9(2)19-8)20(16,17)13-4-3-10(6-13)18-7-12(14)15/h5,10H,3-4,6-7H2,1-2H3,(H,14,15)/t10-/m1/s1. The Labute approximate surface area is 122 Å². The molecule has 112 valence electrons. The molecule has 1 atom stereocenters. The van der Waals surface area contributed by atoms with Gasteiger partial charge in [0.2, 0.25) is 10.0 Å². The van der Waals surface area contributed by atoms with Crippen molar-refractivity contribution >= 4 is 27.3 Å². The van der Waals surface area contributed by atoms with Gasteiger partial charge in [-0.3, -0.25) is 0 Å². The highest BCUT2D eigenvalue weighted by Gasteiger charge is 2.34. The van der Waals surface area contributed by atoms with Crippen molar-refractivity contribution < 1.29 is 23.1 Å². The van der Waals surface area contributed by atoms with Crippen molar-refractivity contribution in [2.24, 2.45) is 0 Å². The Kier molecular flexibility index (Phi) is 4.48. The van der Waals surface area contributed by atoms with E-state index in [1.54, 1.807) is 13.0 Å². The fraction of sp³-hybridized carbons (Fsp3) is 0.583. The Morgan fingerprint density at radius 1 is 1.55 bits per heavy atom. The summed E-state index contributed by atoms with van der Waals surface area (Å²) in [5.41, 5.74) is 0. The van der Waals surface area contributed by atoms with Gasteiger partial charge in [0, 0.05) is 22.8 Å². The van der Waals surface area contributed by atoms with Crippen molar-refractivity contribution in [3.8, 4) is 0 Å². The lowest BCUT2D eigenvalue weighted by Gasteiger charge is -2.16. The lowest BCUT2D eigenvalue weighted by Crippen LogP contribution is -2.31. The molecule has 1 aromatic heterocycles. The molecule has 1 aliphatic rings. The van der Waals surface area contributed by atoms with E-state index in [-0.39, 0.29) is 12.6 Å². The Hall–Kier alpha value is -0.960. The van der Waals surface area contributed by atoms with Crippen molar-refractivity contribution in [3.05, 3.63) is 15.8 Å². The number of carbonyl (C=O) groups is 1. The highest BCUT2D eigenvalue weighted by Crippen LogP contribution is 2.29. The third kappa shape index (κ3) is 3.20. The molecule has 20 heavy (non-hydrogen) atoms. The molecule has 8 heteroatoms. The maximum Gasteiger partial charge on any atom is 0.329 e. The van der Waals surface area contributed by atoms with E-state index in [2.05, 4.69) is 0 Å². The van der Waals surface area contributed by atoms with E-state index >= 15 is 0 Å². The molecule has 0 aromatic carbocycles. The first kappa shape index (κ1) is 15.4. The number of rotatable bonds is 5. The van der Waals surface area contributed by atoms with E-state index in [9.17, 15) is 13.2 Å². The molecule has 0 spiro atoms. The van der Waals surface area contributed by atoms with Gasteiger partial charge in [0.25, 0.3) is 0 Å². The third-order valence-corrected chi connectivity index (χ3v) is 6.25. The summed E-state index contributed by atoms with van der Waals surface area (Å²) >= 11 is 1.46. The van der Waals surface area contributed by atoms with Crippen molar-refractivity contribution in [2.45, 2.75) is 31.3 Å². The van der Waals surface area contributed by atoms with Gasteiger partial charge in [-0.2, -0.15) is 4.31 Å². The molecule has 1 aromatic rings. The molecule has 0 radical (unpaired) electrons. The summed E-state index contributed by atoms with van der Waals surface area (Å²) in [5.74, 6) is -1.05. The topological polar surface area (TPSA) is 83.9 Å². The third-order valence-electron chi connectivity index (χ3n) is 3.16. The molecule has 0 unspecified atom stereocenters. The molecule has 6 nitrogen and oxygen atoms in total. The smallest absolute Gasteiger partial charge is 0.329 e. The molecule has 0 aliphatic carbocycles. The second-order valence-corrected chi connectivity index (χ2v) is 8.12. The minimum absolute atomic E-state index is 0.212. The lowest BCUT2D eigenvalue weighted by atomic mass is 10.3. The van der Waals surface area contributed by atoms with Gasteiger partial charge in [-0.05, 0) is 26.3 Å². The number of sulfonamides is 1. The van der Waals surface area contributed by atoms with Crippen LogP contribution >= 0.6 is 11.3 Å². The van der Waals surface area contributed by atoms with Crippen LogP contribution < -0.4 is 0 Å². The van der Waals surface area contributed by atoms with Crippen LogP contribution in [0.3, 0.4) is 0 Å². The van der Waals surface area contributed by atoms with Gasteiger partial charge < -0.3 is 9.84 Å². The number of nitrogens with zero attached hydrogens (tertiary/aromatic N) is 1. The molecule has 1 N–H and O–H groups in total. The van der Waals surface area contributed by atoms with Crippen LogP contribution in [0.15, 0.2) is 11.0 Å². The zero-order valence-corrected chi connectivity index (χ0v) is 13.0. The molecule has 1 saturated heterocycles. The molecule has 1 fully saturated rings. The predicted molar refractivity (Wildman–Crippen MR) is 74.5 cm³/mol. The number of hydrogen-bond donors (Lipinski definition) is 1. The van der Waals surface area contributed by atoms with Crippen LogP contribution in [0.25, 0.3) is 0 Å². The summed E-state index contributed by atoms with van der Waals surface area (Å²) in [7, 11) is -3.50. The Morgan fingerprint density at radius 3 is 2.80 bits per heavy atom. The molecule has 0 amide bonds. The highest BCUT2D eigenvalue weighted by atomic mass is 32.2. The van der Waals surface area contributed by atoms with Gasteiger partial charge in [-0.25, -0.2) is 13.2 Å². The summed E-state index contributed by atoms with van der Waals surface area (Å²) in [6, 6.07) is 1.68. The van der Waals surface area contributed by atoms with Gasteiger partial charge >= 0.3 is 5.97 Å².